The van der Waals surface area contributed by atoms with E-state index in [9.17, 15) is 13.2 Å². The van der Waals surface area contributed by atoms with E-state index in [0.717, 1.165) is 57.1 Å². The van der Waals surface area contributed by atoms with Crippen molar-refractivity contribution in [2.75, 3.05) is 18.4 Å². The minimum absolute atomic E-state index is 0.0108. The fraction of sp³-hybridized carbons (Fsp3) is 0.632. The van der Waals surface area contributed by atoms with E-state index in [2.05, 4.69) is 10.6 Å². The molecular formula is C19H28N2O3S. The first-order valence-corrected chi connectivity index (χ1v) is 11.1. The quantitative estimate of drug-likeness (QED) is 0.842. The zero-order valence-electron chi connectivity index (χ0n) is 14.7. The van der Waals surface area contributed by atoms with Gasteiger partial charge in [0, 0.05) is 12.2 Å². The zero-order chi connectivity index (χ0) is 17.7. The van der Waals surface area contributed by atoms with E-state index in [-0.39, 0.29) is 22.8 Å². The number of anilines is 1. The number of carbonyl (C=O) groups excluding carboxylic acids is 1. The molecule has 0 radical (unpaired) electrons. The van der Waals surface area contributed by atoms with Crippen molar-refractivity contribution in [2.45, 2.75) is 55.9 Å². The Labute approximate surface area is 150 Å². The van der Waals surface area contributed by atoms with Crippen molar-refractivity contribution in [3.63, 3.8) is 0 Å². The van der Waals surface area contributed by atoms with Crippen LogP contribution in [0.15, 0.2) is 24.3 Å². The van der Waals surface area contributed by atoms with Crippen LogP contribution in [0.1, 0.15) is 50.5 Å². The molecule has 138 valence electrons. The van der Waals surface area contributed by atoms with Gasteiger partial charge in [0.25, 0.3) is 0 Å². The van der Waals surface area contributed by atoms with Crippen LogP contribution >= 0.6 is 0 Å². The first-order chi connectivity index (χ1) is 12.0. The highest BCUT2D eigenvalue weighted by Gasteiger charge is 2.27. The van der Waals surface area contributed by atoms with E-state index in [4.69, 9.17) is 0 Å². The topological polar surface area (TPSA) is 75.3 Å². The summed E-state index contributed by atoms with van der Waals surface area (Å²) in [6.07, 6.45) is 6.64. The number of hydrogen-bond donors (Lipinski definition) is 2. The van der Waals surface area contributed by atoms with Gasteiger partial charge in [-0.25, -0.2) is 8.42 Å². The Kier molecular flexibility index (Phi) is 6.12. The van der Waals surface area contributed by atoms with Crippen LogP contribution < -0.4 is 10.6 Å². The number of nitrogens with one attached hydrogen (secondary N) is 2. The summed E-state index contributed by atoms with van der Waals surface area (Å²) in [7, 11) is -3.12. The van der Waals surface area contributed by atoms with Gasteiger partial charge >= 0.3 is 0 Å². The third-order valence-corrected chi connectivity index (χ3v) is 7.51. The highest BCUT2D eigenvalue weighted by molar-refractivity contribution is 7.91. The molecule has 1 heterocycles. The molecule has 1 amide bonds. The summed E-state index contributed by atoms with van der Waals surface area (Å²) < 4.78 is 25.3. The van der Waals surface area contributed by atoms with Crippen LogP contribution in [0.4, 0.5) is 5.69 Å². The normalized spacial score (nSPS) is 22.5. The van der Waals surface area contributed by atoms with E-state index in [1.165, 1.54) is 0 Å². The average Bonchev–Trinajstić information content (AvgIpc) is 2.63. The van der Waals surface area contributed by atoms with Crippen LogP contribution in [0.5, 0.6) is 0 Å². The van der Waals surface area contributed by atoms with E-state index in [1.807, 2.05) is 18.2 Å². The Balaban J connectivity index is 1.63. The molecule has 6 heteroatoms. The largest absolute Gasteiger partial charge is 0.326 e. The van der Waals surface area contributed by atoms with Crippen LogP contribution in [0, 0.1) is 5.92 Å². The minimum atomic E-state index is -3.12. The first-order valence-electron chi connectivity index (χ1n) is 9.37. The van der Waals surface area contributed by atoms with Crippen LogP contribution in [0.2, 0.25) is 0 Å². The van der Waals surface area contributed by atoms with Gasteiger partial charge in [-0.1, -0.05) is 31.4 Å². The standard InChI is InChI=1S/C19H28N2O3S/c22-19(16-7-5-11-20-13-16)21-17-8-4-6-15(12-17)14-25(23,24)18-9-2-1-3-10-18/h4,6,8,12,16,18,20H,1-3,5,7,9-11,13-14H2,(H,21,22). The molecule has 5 nitrogen and oxygen atoms in total. The van der Waals surface area contributed by atoms with E-state index < -0.39 is 9.84 Å². The Morgan fingerprint density at radius 3 is 2.64 bits per heavy atom. The molecule has 2 N–H and O–H groups in total. The van der Waals surface area contributed by atoms with Crippen LogP contribution in [0.25, 0.3) is 0 Å². The van der Waals surface area contributed by atoms with Crippen molar-refractivity contribution in [3.8, 4) is 0 Å². The highest BCUT2D eigenvalue weighted by atomic mass is 32.2. The van der Waals surface area contributed by atoms with Gasteiger partial charge in [-0.05, 0) is 49.9 Å². The molecule has 2 aliphatic rings. The Morgan fingerprint density at radius 2 is 1.92 bits per heavy atom. The lowest BCUT2D eigenvalue weighted by Crippen LogP contribution is -2.37. The minimum Gasteiger partial charge on any atom is -0.326 e. The van der Waals surface area contributed by atoms with Crippen molar-refractivity contribution >= 4 is 21.4 Å². The maximum atomic E-state index is 12.6. The van der Waals surface area contributed by atoms with Gasteiger partial charge in [-0.2, -0.15) is 0 Å². The zero-order valence-corrected chi connectivity index (χ0v) is 15.5. The lowest BCUT2D eigenvalue weighted by Gasteiger charge is -2.22. The predicted molar refractivity (Wildman–Crippen MR) is 100 cm³/mol. The molecule has 1 aliphatic carbocycles. The van der Waals surface area contributed by atoms with Gasteiger partial charge in [0.2, 0.25) is 5.91 Å². The summed E-state index contributed by atoms with van der Waals surface area (Å²) in [5.41, 5.74) is 1.44. The predicted octanol–water partition coefficient (Wildman–Crippen LogP) is 2.87. The molecule has 3 rings (SSSR count). The second-order valence-electron chi connectivity index (χ2n) is 7.30. The average molecular weight is 365 g/mol. The summed E-state index contributed by atoms with van der Waals surface area (Å²) in [5, 5.41) is 5.98. The van der Waals surface area contributed by atoms with Gasteiger partial charge in [0.15, 0.2) is 9.84 Å². The summed E-state index contributed by atoms with van der Waals surface area (Å²) in [5.74, 6) is 0.0645. The molecule has 1 aliphatic heterocycles. The summed E-state index contributed by atoms with van der Waals surface area (Å²) in [4.78, 5) is 12.3. The van der Waals surface area contributed by atoms with E-state index in [0.29, 0.717) is 12.2 Å². The van der Waals surface area contributed by atoms with Crippen molar-refractivity contribution in [1.29, 1.82) is 0 Å². The molecule has 0 bridgehead atoms. The smallest absolute Gasteiger partial charge is 0.228 e. The van der Waals surface area contributed by atoms with Gasteiger partial charge in [0.1, 0.15) is 0 Å². The molecule has 0 spiro atoms. The van der Waals surface area contributed by atoms with Crippen molar-refractivity contribution in [1.82, 2.24) is 5.32 Å². The monoisotopic (exact) mass is 364 g/mol. The molecule has 1 saturated heterocycles. The third kappa shape index (κ3) is 5.05. The van der Waals surface area contributed by atoms with Crippen molar-refractivity contribution < 1.29 is 13.2 Å². The summed E-state index contributed by atoms with van der Waals surface area (Å²) >= 11 is 0. The van der Waals surface area contributed by atoms with Crippen LogP contribution in [-0.2, 0) is 20.4 Å². The van der Waals surface area contributed by atoms with Gasteiger partial charge in [-0.3, -0.25) is 4.79 Å². The molecule has 2 fully saturated rings. The number of hydrogen-bond acceptors (Lipinski definition) is 4. The number of carbonyl (C=O) groups is 1. The Morgan fingerprint density at radius 1 is 1.12 bits per heavy atom. The second kappa shape index (κ2) is 8.32. The van der Waals surface area contributed by atoms with Crippen LogP contribution in [0.3, 0.4) is 0 Å². The number of benzene rings is 1. The molecule has 1 unspecified atom stereocenters. The highest BCUT2D eigenvalue weighted by Crippen LogP contribution is 2.26. The van der Waals surface area contributed by atoms with Gasteiger partial charge in [-0.15, -0.1) is 0 Å². The fourth-order valence-electron chi connectivity index (χ4n) is 3.83. The molecule has 0 aromatic heterocycles. The van der Waals surface area contributed by atoms with E-state index in [1.54, 1.807) is 6.07 Å². The molecular weight excluding hydrogens is 336 g/mol. The third-order valence-electron chi connectivity index (χ3n) is 5.29. The SMILES string of the molecule is O=C(Nc1cccc(CS(=O)(=O)C2CCCCC2)c1)C1CCCNC1. The lowest BCUT2D eigenvalue weighted by atomic mass is 9.99. The summed E-state index contributed by atoms with van der Waals surface area (Å²) in [6, 6.07) is 7.28. The Bertz CT molecular complexity index is 690. The van der Waals surface area contributed by atoms with Crippen LogP contribution in [-0.4, -0.2) is 32.7 Å². The number of rotatable bonds is 5. The fourth-order valence-corrected chi connectivity index (χ4v) is 5.76. The maximum absolute atomic E-state index is 12.6. The van der Waals surface area contributed by atoms with Crippen molar-refractivity contribution in [2.24, 2.45) is 5.92 Å². The molecule has 1 saturated carbocycles. The molecule has 25 heavy (non-hydrogen) atoms. The number of sulfone groups is 1. The molecule has 1 aromatic carbocycles. The Hall–Kier alpha value is -1.40. The maximum Gasteiger partial charge on any atom is 0.228 e. The summed E-state index contributed by atoms with van der Waals surface area (Å²) in [6.45, 7) is 1.68. The van der Waals surface area contributed by atoms with E-state index >= 15 is 0 Å². The first kappa shape index (κ1) is 18.4. The lowest BCUT2D eigenvalue weighted by molar-refractivity contribution is -0.120. The van der Waals surface area contributed by atoms with Crippen molar-refractivity contribution in [3.05, 3.63) is 29.8 Å². The molecule has 1 aromatic rings. The molecule has 1 atom stereocenters. The number of amides is 1. The second-order valence-corrected chi connectivity index (χ2v) is 9.58. The van der Waals surface area contributed by atoms with Gasteiger partial charge in [0.05, 0.1) is 16.9 Å². The van der Waals surface area contributed by atoms with Gasteiger partial charge < -0.3 is 10.6 Å². The number of piperidine rings is 1.